The number of rotatable bonds is 2. The summed E-state index contributed by atoms with van der Waals surface area (Å²) in [5.41, 5.74) is 5.59. The summed E-state index contributed by atoms with van der Waals surface area (Å²) < 4.78 is 0. The van der Waals surface area contributed by atoms with Crippen molar-refractivity contribution in [2.45, 2.75) is 51.1 Å². The van der Waals surface area contributed by atoms with Crippen molar-refractivity contribution in [2.75, 3.05) is 6.54 Å². The second kappa shape index (κ2) is 3.89. The van der Waals surface area contributed by atoms with E-state index >= 15 is 0 Å². The van der Waals surface area contributed by atoms with Crippen LogP contribution in [0.4, 0.5) is 0 Å². The summed E-state index contributed by atoms with van der Waals surface area (Å²) in [7, 11) is 0. The van der Waals surface area contributed by atoms with Crippen LogP contribution in [0.25, 0.3) is 0 Å². The minimum Gasteiger partial charge on any atom is -0.336 e. The van der Waals surface area contributed by atoms with Gasteiger partial charge in [0, 0.05) is 12.6 Å². The summed E-state index contributed by atoms with van der Waals surface area (Å²) in [6.45, 7) is 2.95. The molecule has 0 radical (unpaired) electrons. The molecule has 2 rings (SSSR count). The van der Waals surface area contributed by atoms with Crippen LogP contribution in [0.5, 0.6) is 0 Å². The van der Waals surface area contributed by atoms with E-state index in [2.05, 4.69) is 6.92 Å². The SMILES string of the molecule is CC(C1CCCCC1)N1CC(N)C1=O. The number of nitrogens with two attached hydrogens (primary N) is 1. The van der Waals surface area contributed by atoms with Crippen LogP contribution in [-0.4, -0.2) is 29.4 Å². The molecule has 80 valence electrons. The van der Waals surface area contributed by atoms with Gasteiger partial charge in [-0.25, -0.2) is 0 Å². The smallest absolute Gasteiger partial charge is 0.241 e. The minimum atomic E-state index is -0.207. The second-order valence-electron chi connectivity index (χ2n) is 4.74. The molecule has 0 aromatic carbocycles. The van der Waals surface area contributed by atoms with E-state index in [-0.39, 0.29) is 11.9 Å². The quantitative estimate of drug-likeness (QED) is 0.673. The van der Waals surface area contributed by atoms with E-state index < -0.39 is 0 Å². The summed E-state index contributed by atoms with van der Waals surface area (Å²) in [5, 5.41) is 0. The van der Waals surface area contributed by atoms with Gasteiger partial charge >= 0.3 is 0 Å². The number of carbonyl (C=O) groups is 1. The van der Waals surface area contributed by atoms with Crippen molar-refractivity contribution in [2.24, 2.45) is 11.7 Å². The van der Waals surface area contributed by atoms with Gasteiger partial charge in [-0.3, -0.25) is 4.79 Å². The Hall–Kier alpha value is -0.570. The molecular formula is C11H20N2O. The molecular weight excluding hydrogens is 176 g/mol. The number of hydrogen-bond acceptors (Lipinski definition) is 2. The van der Waals surface area contributed by atoms with Gasteiger partial charge in [-0.05, 0) is 25.7 Å². The highest BCUT2D eigenvalue weighted by molar-refractivity contribution is 5.87. The summed E-state index contributed by atoms with van der Waals surface area (Å²) in [5.74, 6) is 0.878. The molecule has 0 bridgehead atoms. The fourth-order valence-electron chi connectivity index (χ4n) is 2.72. The Balaban J connectivity index is 1.88. The number of hydrogen-bond donors (Lipinski definition) is 1. The lowest BCUT2D eigenvalue weighted by atomic mass is 9.82. The maximum Gasteiger partial charge on any atom is 0.241 e. The first-order chi connectivity index (χ1) is 6.70. The zero-order valence-electron chi connectivity index (χ0n) is 8.91. The van der Waals surface area contributed by atoms with Crippen LogP contribution in [0.2, 0.25) is 0 Å². The van der Waals surface area contributed by atoms with Crippen molar-refractivity contribution in [3.63, 3.8) is 0 Å². The molecule has 1 saturated carbocycles. The number of β-lactam (4-membered cyclic amide) rings is 1. The van der Waals surface area contributed by atoms with Crippen molar-refractivity contribution in [1.29, 1.82) is 0 Å². The summed E-state index contributed by atoms with van der Waals surface area (Å²) >= 11 is 0. The van der Waals surface area contributed by atoms with Gasteiger partial charge in [0.1, 0.15) is 6.04 Å². The number of likely N-dealkylation sites (tertiary alicyclic amines) is 1. The average Bonchev–Trinajstić information content (AvgIpc) is 2.25. The zero-order chi connectivity index (χ0) is 10.1. The molecule has 2 unspecified atom stereocenters. The van der Waals surface area contributed by atoms with Gasteiger partial charge < -0.3 is 10.6 Å². The predicted octanol–water partition coefficient (Wildman–Crippen LogP) is 1.12. The summed E-state index contributed by atoms with van der Waals surface area (Å²) in [6, 6.07) is 0.212. The molecule has 3 nitrogen and oxygen atoms in total. The van der Waals surface area contributed by atoms with E-state index in [0.29, 0.717) is 6.04 Å². The molecule has 2 fully saturated rings. The highest BCUT2D eigenvalue weighted by Gasteiger charge is 2.39. The molecule has 14 heavy (non-hydrogen) atoms. The van der Waals surface area contributed by atoms with E-state index in [9.17, 15) is 4.79 Å². The largest absolute Gasteiger partial charge is 0.336 e. The molecule has 2 N–H and O–H groups in total. The third-order valence-electron chi connectivity index (χ3n) is 3.82. The summed E-state index contributed by atoms with van der Waals surface area (Å²) in [4.78, 5) is 13.4. The van der Waals surface area contributed by atoms with Gasteiger partial charge in [0.15, 0.2) is 0 Å². The molecule has 2 aliphatic rings. The van der Waals surface area contributed by atoms with Crippen LogP contribution >= 0.6 is 0 Å². The third-order valence-corrected chi connectivity index (χ3v) is 3.82. The Morgan fingerprint density at radius 2 is 2.00 bits per heavy atom. The first kappa shape index (κ1) is 9.97. The Morgan fingerprint density at radius 3 is 2.50 bits per heavy atom. The molecule has 0 spiro atoms. The van der Waals surface area contributed by atoms with Crippen molar-refractivity contribution in [1.82, 2.24) is 4.90 Å². The number of amides is 1. The molecule has 2 atom stereocenters. The Labute approximate surface area is 85.6 Å². The van der Waals surface area contributed by atoms with Crippen LogP contribution in [0.15, 0.2) is 0 Å². The molecule has 0 aromatic heterocycles. The first-order valence-electron chi connectivity index (χ1n) is 5.76. The van der Waals surface area contributed by atoms with Gasteiger partial charge in [-0.1, -0.05) is 19.3 Å². The fourth-order valence-corrected chi connectivity index (χ4v) is 2.72. The van der Waals surface area contributed by atoms with Crippen LogP contribution in [-0.2, 0) is 4.79 Å². The van der Waals surface area contributed by atoms with Crippen LogP contribution in [0, 0.1) is 5.92 Å². The van der Waals surface area contributed by atoms with Gasteiger partial charge in [-0.15, -0.1) is 0 Å². The van der Waals surface area contributed by atoms with Crippen molar-refractivity contribution in [3.8, 4) is 0 Å². The maximum atomic E-state index is 11.4. The van der Waals surface area contributed by atoms with Crippen molar-refractivity contribution in [3.05, 3.63) is 0 Å². The third kappa shape index (κ3) is 1.65. The van der Waals surface area contributed by atoms with E-state index in [1.54, 1.807) is 0 Å². The van der Waals surface area contributed by atoms with Gasteiger partial charge in [0.25, 0.3) is 0 Å². The van der Waals surface area contributed by atoms with Gasteiger partial charge in [0.2, 0.25) is 5.91 Å². The van der Waals surface area contributed by atoms with E-state index in [0.717, 1.165) is 12.5 Å². The lowest BCUT2D eigenvalue weighted by Gasteiger charge is -2.44. The monoisotopic (exact) mass is 196 g/mol. The fraction of sp³-hybridized carbons (Fsp3) is 0.909. The molecule has 0 aromatic rings. The molecule has 1 saturated heterocycles. The van der Waals surface area contributed by atoms with Gasteiger partial charge in [-0.2, -0.15) is 0 Å². The average molecular weight is 196 g/mol. The highest BCUT2D eigenvalue weighted by Crippen LogP contribution is 2.30. The molecule has 1 amide bonds. The normalized spacial score (nSPS) is 31.4. The van der Waals surface area contributed by atoms with Crippen molar-refractivity contribution >= 4 is 5.91 Å². The van der Waals surface area contributed by atoms with Crippen LogP contribution in [0.3, 0.4) is 0 Å². The molecule has 1 heterocycles. The Bertz CT molecular complexity index is 223. The first-order valence-corrected chi connectivity index (χ1v) is 5.76. The molecule has 1 aliphatic carbocycles. The van der Waals surface area contributed by atoms with E-state index in [4.69, 9.17) is 5.73 Å². The summed E-state index contributed by atoms with van der Waals surface area (Å²) in [6.07, 6.45) is 6.63. The number of carbonyl (C=O) groups excluding carboxylic acids is 1. The van der Waals surface area contributed by atoms with Crippen molar-refractivity contribution < 1.29 is 4.79 Å². The van der Waals surface area contributed by atoms with Crippen LogP contribution in [0.1, 0.15) is 39.0 Å². The number of nitrogens with zero attached hydrogens (tertiary/aromatic N) is 1. The predicted molar refractivity (Wildman–Crippen MR) is 55.7 cm³/mol. The van der Waals surface area contributed by atoms with E-state index in [1.807, 2.05) is 4.90 Å². The topological polar surface area (TPSA) is 46.3 Å². The lowest BCUT2D eigenvalue weighted by molar-refractivity contribution is -0.147. The Morgan fingerprint density at radius 1 is 1.36 bits per heavy atom. The van der Waals surface area contributed by atoms with E-state index in [1.165, 1.54) is 32.1 Å². The minimum absolute atomic E-state index is 0.156. The zero-order valence-corrected chi connectivity index (χ0v) is 8.91. The van der Waals surface area contributed by atoms with Crippen LogP contribution < -0.4 is 5.73 Å². The molecule has 1 aliphatic heterocycles. The standard InChI is InChI=1S/C11H20N2O/c1-8(9-5-3-2-4-6-9)13-7-10(12)11(13)14/h8-10H,2-7,12H2,1H3. The second-order valence-corrected chi connectivity index (χ2v) is 4.74. The Kier molecular flexibility index (Phi) is 2.77. The van der Waals surface area contributed by atoms with Gasteiger partial charge in [0.05, 0.1) is 0 Å². The highest BCUT2D eigenvalue weighted by atomic mass is 16.2. The lowest BCUT2D eigenvalue weighted by Crippen LogP contribution is -2.64. The molecule has 3 heteroatoms. The maximum absolute atomic E-state index is 11.4.